The molecule has 0 bridgehead atoms. The topological polar surface area (TPSA) is 182 Å². The number of hydrogen-bond donors (Lipinski definition) is 1. The van der Waals surface area contributed by atoms with E-state index in [1.165, 1.54) is 32.3 Å². The van der Waals surface area contributed by atoms with Crippen LogP contribution in [0, 0.1) is 6.92 Å². The molecule has 0 amide bonds. The van der Waals surface area contributed by atoms with Crippen LogP contribution in [0.15, 0.2) is 58.0 Å². The molecule has 0 radical (unpaired) electrons. The van der Waals surface area contributed by atoms with E-state index in [1.54, 1.807) is 0 Å². The maximum atomic E-state index is 12.2. The summed E-state index contributed by atoms with van der Waals surface area (Å²) in [6.07, 6.45) is 4.01. The average Bonchev–Trinajstić information content (AvgIpc) is 2.73. The number of aryl methyl sites for hydroxylation is 1. The van der Waals surface area contributed by atoms with Gasteiger partial charge in [0.05, 0.1) is 28.0 Å². The minimum atomic E-state index is -5.05. The monoisotopic (exact) mass is 605 g/mol. The van der Waals surface area contributed by atoms with Gasteiger partial charge in [-0.05, 0) is 54.8 Å². The summed E-state index contributed by atoms with van der Waals surface area (Å²) in [4.78, 5) is 34.4. The number of carboxylic acid groups (broad SMARTS) is 1. The van der Waals surface area contributed by atoms with Gasteiger partial charge in [0.15, 0.2) is 0 Å². The normalized spacial score (nSPS) is 13.9. The van der Waals surface area contributed by atoms with Gasteiger partial charge in [-0.25, -0.2) is 8.42 Å². The zero-order valence-corrected chi connectivity index (χ0v) is 29.2. The standard InChI is InChI=1S/C23H15Cl2O8S.3Na.H2O/c1-10-5-12(7-14(9-26)21(10)27)18(13-6-11(2)22(28)15(8-13)23(29)30)19-16(24)3-4-17(20(19)25)34(31,32)33;;;;/h3-8,28H,1-2H3,(H,29,30)(H,31,32,33);;;;1H2/q-1;3*+1;/p-3. The third-order valence-corrected chi connectivity index (χ3v) is 6.76. The SMILES string of the molecule is CC1=CC(=C(c2cc(C)c(O)c(C(=O)[O-])c2)c2c(Cl)ccc(S(=O)(=O)[O-])c2Cl)C=C([C-]=O)C1=O.[Na+].[Na+].[Na+].[OH-]. The quantitative estimate of drug-likeness (QED) is 0.150. The predicted molar refractivity (Wildman–Crippen MR) is 122 cm³/mol. The molecule has 2 aromatic carbocycles. The number of benzene rings is 2. The Morgan fingerprint density at radius 3 is 2.13 bits per heavy atom. The Morgan fingerprint density at radius 2 is 1.63 bits per heavy atom. The van der Waals surface area contributed by atoms with Gasteiger partial charge in [0.1, 0.15) is 15.9 Å². The summed E-state index contributed by atoms with van der Waals surface area (Å²) < 4.78 is 35.3. The van der Waals surface area contributed by atoms with Gasteiger partial charge >= 0.3 is 88.7 Å². The molecule has 0 aromatic heterocycles. The molecule has 0 heterocycles. The molecule has 0 saturated heterocycles. The molecule has 2 N–H and O–H groups in total. The average molecular weight is 606 g/mol. The van der Waals surface area contributed by atoms with Crippen molar-refractivity contribution in [3.63, 3.8) is 0 Å². The van der Waals surface area contributed by atoms with Crippen LogP contribution in [0.3, 0.4) is 0 Å². The van der Waals surface area contributed by atoms with Gasteiger partial charge in [0, 0.05) is 16.1 Å². The number of carbonyl (C=O) groups excluding carboxylic acids is 3. The molecule has 38 heavy (non-hydrogen) atoms. The maximum absolute atomic E-state index is 12.2. The smallest absolute Gasteiger partial charge is 0.870 e. The van der Waals surface area contributed by atoms with Crippen LogP contribution >= 0.6 is 23.2 Å². The van der Waals surface area contributed by atoms with E-state index in [0.717, 1.165) is 24.3 Å². The van der Waals surface area contributed by atoms with E-state index in [1.807, 2.05) is 0 Å². The summed E-state index contributed by atoms with van der Waals surface area (Å²) in [5, 5.41) is 21.1. The Bertz CT molecular complexity index is 1500. The van der Waals surface area contributed by atoms with Crippen LogP contribution in [-0.4, -0.2) is 41.6 Å². The Morgan fingerprint density at radius 1 is 1.05 bits per heavy atom. The number of carbonyl (C=O) groups is 2. The number of phenols is 1. The van der Waals surface area contributed by atoms with Gasteiger partial charge in [-0.1, -0.05) is 40.4 Å². The Balaban J connectivity index is 0. The Hall–Kier alpha value is -0.280. The van der Waals surface area contributed by atoms with Crippen LogP contribution in [0.4, 0.5) is 0 Å². The fourth-order valence-electron chi connectivity index (χ4n) is 3.48. The minimum Gasteiger partial charge on any atom is -0.870 e. The fourth-order valence-corrected chi connectivity index (χ4v) is 4.88. The molecule has 0 fully saturated rings. The molecular formula is C23H14Cl2Na3O9S-. The summed E-state index contributed by atoms with van der Waals surface area (Å²) in [6.45, 7) is 2.82. The van der Waals surface area contributed by atoms with Crippen LogP contribution in [-0.2, 0) is 19.7 Å². The largest absolute Gasteiger partial charge is 1.00 e. The van der Waals surface area contributed by atoms with Gasteiger partial charge in [0.2, 0.25) is 0 Å². The molecule has 15 heteroatoms. The fraction of sp³-hybridized carbons (Fsp3) is 0.0870. The minimum absolute atomic E-state index is 0. The molecule has 0 saturated carbocycles. The zero-order valence-electron chi connectivity index (χ0n) is 20.9. The number of ketones is 1. The van der Waals surface area contributed by atoms with Crippen LogP contribution in [0.25, 0.3) is 5.57 Å². The summed E-state index contributed by atoms with van der Waals surface area (Å²) in [7, 11) is -5.05. The summed E-state index contributed by atoms with van der Waals surface area (Å²) in [5.74, 6) is -2.88. The van der Waals surface area contributed by atoms with E-state index in [-0.39, 0.29) is 138 Å². The van der Waals surface area contributed by atoms with Crippen LogP contribution in [0.1, 0.15) is 34.0 Å². The van der Waals surface area contributed by atoms with Crippen molar-refractivity contribution in [2.45, 2.75) is 18.7 Å². The molecule has 184 valence electrons. The first-order valence-corrected chi connectivity index (χ1v) is 11.5. The van der Waals surface area contributed by atoms with Crippen molar-refractivity contribution in [1.29, 1.82) is 0 Å². The van der Waals surface area contributed by atoms with E-state index in [9.17, 15) is 37.6 Å². The van der Waals surface area contributed by atoms with E-state index in [2.05, 4.69) is 0 Å². The van der Waals surface area contributed by atoms with Gasteiger partial charge < -0.3 is 34.6 Å². The number of Topliss-reactive ketones (excluding diaryl/α,β-unsaturated/α-hetero) is 1. The number of aromatic hydroxyl groups is 1. The molecule has 0 atom stereocenters. The van der Waals surface area contributed by atoms with E-state index < -0.39 is 43.1 Å². The number of aromatic carboxylic acids is 1. The Labute approximate surface area is 294 Å². The third kappa shape index (κ3) is 8.14. The molecule has 0 unspecified atom stereocenters. The van der Waals surface area contributed by atoms with Crippen LogP contribution < -0.4 is 93.8 Å². The van der Waals surface area contributed by atoms with Crippen molar-refractivity contribution in [2.75, 3.05) is 0 Å². The zero-order chi connectivity index (χ0) is 25.5. The Kier molecular flexibility index (Phi) is 16.4. The molecular weight excluding hydrogens is 592 g/mol. The molecule has 1 aliphatic rings. The van der Waals surface area contributed by atoms with Crippen LogP contribution in [0.2, 0.25) is 10.0 Å². The second-order valence-electron chi connectivity index (χ2n) is 7.31. The van der Waals surface area contributed by atoms with Crippen molar-refractivity contribution in [3.8, 4) is 5.75 Å². The molecule has 0 spiro atoms. The first-order chi connectivity index (χ1) is 15.8. The molecule has 1 aliphatic carbocycles. The van der Waals surface area contributed by atoms with Crippen molar-refractivity contribution in [3.05, 3.63) is 85.4 Å². The second kappa shape index (κ2) is 15.6. The molecule has 9 nitrogen and oxygen atoms in total. The van der Waals surface area contributed by atoms with Crippen molar-refractivity contribution in [2.24, 2.45) is 0 Å². The van der Waals surface area contributed by atoms with E-state index >= 15 is 0 Å². The summed E-state index contributed by atoms with van der Waals surface area (Å²) in [5.41, 5.74) is -0.732. The van der Waals surface area contributed by atoms with E-state index in [4.69, 9.17) is 23.2 Å². The van der Waals surface area contributed by atoms with E-state index in [0.29, 0.717) is 0 Å². The summed E-state index contributed by atoms with van der Waals surface area (Å²) >= 11 is 12.7. The van der Waals surface area contributed by atoms with Gasteiger partial charge in [-0.3, -0.25) is 0 Å². The van der Waals surface area contributed by atoms with Crippen molar-refractivity contribution in [1.82, 2.24) is 0 Å². The summed E-state index contributed by atoms with van der Waals surface area (Å²) in [6, 6.07) is 4.41. The number of carboxylic acids is 1. The number of allylic oxidation sites excluding steroid dienone is 5. The molecule has 3 rings (SSSR count). The number of rotatable bonds is 5. The predicted octanol–water partition coefficient (Wildman–Crippen LogP) is -6.52. The first-order valence-electron chi connectivity index (χ1n) is 9.34. The third-order valence-electron chi connectivity index (χ3n) is 5.06. The second-order valence-corrected chi connectivity index (χ2v) is 9.45. The van der Waals surface area contributed by atoms with Crippen molar-refractivity contribution < 1.29 is 132 Å². The van der Waals surface area contributed by atoms with Crippen LogP contribution in [0.5, 0.6) is 5.75 Å². The van der Waals surface area contributed by atoms with Crippen molar-refractivity contribution >= 4 is 56.9 Å². The molecule has 2 aromatic rings. The van der Waals surface area contributed by atoms with Gasteiger partial charge in [-0.2, -0.15) is 0 Å². The maximum Gasteiger partial charge on any atom is 1.00 e. The van der Waals surface area contributed by atoms with Gasteiger partial charge in [0.25, 0.3) is 0 Å². The first kappa shape index (κ1) is 39.9. The molecule has 0 aliphatic heterocycles. The van der Waals surface area contributed by atoms with Gasteiger partial charge in [-0.15, -0.1) is 11.6 Å². The number of hydrogen-bond acceptors (Lipinski definition) is 9. The number of halogens is 2.